The molecule has 66 valence electrons. The fraction of sp³-hybridized carbons (Fsp3) is 0.400. The Morgan fingerprint density at radius 2 is 2.33 bits per heavy atom. The minimum absolute atomic E-state index is 0.173. The van der Waals surface area contributed by atoms with Gasteiger partial charge in [-0.2, -0.15) is 4.90 Å². The summed E-state index contributed by atoms with van der Waals surface area (Å²) in [6, 6.07) is 0. The molecular formula is C5H7N4O2S-. The Kier molecular flexibility index (Phi) is 2.66. The lowest BCUT2D eigenvalue weighted by Gasteiger charge is -2.14. The van der Waals surface area contributed by atoms with E-state index < -0.39 is 11.1 Å². The van der Waals surface area contributed by atoms with E-state index in [0.29, 0.717) is 5.17 Å². The van der Waals surface area contributed by atoms with Gasteiger partial charge in [-0.1, -0.05) is 11.8 Å². The van der Waals surface area contributed by atoms with Crippen molar-refractivity contribution in [3.63, 3.8) is 0 Å². The Balaban J connectivity index is 2.89. The Hall–Kier alpha value is -1.08. The summed E-state index contributed by atoms with van der Waals surface area (Å²) in [6.45, 7) is 0. The van der Waals surface area contributed by atoms with Gasteiger partial charge in [0.25, 0.3) is 5.71 Å². The van der Waals surface area contributed by atoms with E-state index in [1.807, 2.05) is 0 Å². The van der Waals surface area contributed by atoms with E-state index in [4.69, 9.17) is 5.73 Å². The summed E-state index contributed by atoms with van der Waals surface area (Å²) in [5, 5.41) is 21.0. The van der Waals surface area contributed by atoms with Crippen LogP contribution in [0.25, 0.3) is 0 Å². The lowest BCUT2D eigenvalue weighted by atomic mass is 10.3. The van der Waals surface area contributed by atoms with Gasteiger partial charge in [-0.3, -0.25) is 0 Å². The monoisotopic (exact) mass is 187 g/mol. The minimum Gasteiger partial charge on any atom is -0.612 e. The van der Waals surface area contributed by atoms with E-state index in [-0.39, 0.29) is 5.71 Å². The van der Waals surface area contributed by atoms with Crippen molar-refractivity contribution < 1.29 is 4.90 Å². The van der Waals surface area contributed by atoms with Crippen LogP contribution in [0.2, 0.25) is 0 Å². The van der Waals surface area contributed by atoms with E-state index in [9.17, 15) is 10.4 Å². The van der Waals surface area contributed by atoms with E-state index in [0.717, 1.165) is 6.21 Å². The van der Waals surface area contributed by atoms with Crippen LogP contribution in [0.1, 0.15) is 0 Å². The summed E-state index contributed by atoms with van der Waals surface area (Å²) in [7, 11) is 0. The van der Waals surface area contributed by atoms with Crippen molar-refractivity contribution in [2.45, 2.75) is 6.17 Å². The van der Waals surface area contributed by atoms with Crippen molar-refractivity contribution in [3.05, 3.63) is 10.4 Å². The average molecular weight is 187 g/mol. The highest BCUT2D eigenvalue weighted by atomic mass is 32.2. The van der Waals surface area contributed by atoms with E-state index >= 15 is 0 Å². The first kappa shape index (κ1) is 9.01. The van der Waals surface area contributed by atoms with Crippen LogP contribution >= 0.6 is 11.8 Å². The van der Waals surface area contributed by atoms with Gasteiger partial charge in [-0.05, 0) is 6.26 Å². The first-order valence-corrected chi connectivity index (χ1v) is 4.30. The van der Waals surface area contributed by atoms with Crippen molar-refractivity contribution in [2.24, 2.45) is 15.7 Å². The fourth-order valence-electron chi connectivity index (χ4n) is 0.677. The molecule has 1 rings (SSSR count). The molecule has 7 heteroatoms. The Labute approximate surface area is 73.0 Å². The van der Waals surface area contributed by atoms with Crippen LogP contribution in [-0.2, 0) is 0 Å². The number of nitrogens with two attached hydrogens (primary N) is 1. The normalized spacial score (nSPS) is 22.3. The first-order valence-electron chi connectivity index (χ1n) is 3.08. The molecule has 0 saturated carbocycles. The number of hydrogen-bond acceptors (Lipinski definition) is 6. The highest BCUT2D eigenvalue weighted by Gasteiger charge is 2.19. The van der Waals surface area contributed by atoms with E-state index in [1.165, 1.54) is 11.8 Å². The van der Waals surface area contributed by atoms with Crippen molar-refractivity contribution in [3.8, 4) is 0 Å². The maximum Gasteiger partial charge on any atom is 0.256 e. The molecule has 1 atom stereocenters. The number of aliphatic imine (C=N–C) groups is 2. The molecule has 0 radical (unpaired) electrons. The van der Waals surface area contributed by atoms with Crippen LogP contribution in [0.3, 0.4) is 0 Å². The minimum atomic E-state index is -0.889. The predicted molar refractivity (Wildman–Crippen MR) is 49.4 cm³/mol. The van der Waals surface area contributed by atoms with E-state index in [2.05, 4.69) is 9.98 Å². The van der Waals surface area contributed by atoms with Crippen molar-refractivity contribution in [1.82, 2.24) is 0 Å². The first-order chi connectivity index (χ1) is 5.65. The third-order valence-electron chi connectivity index (χ3n) is 1.25. The van der Waals surface area contributed by atoms with Crippen LogP contribution in [0.4, 0.5) is 0 Å². The zero-order chi connectivity index (χ0) is 9.14. The smallest absolute Gasteiger partial charge is 0.256 e. The second kappa shape index (κ2) is 3.55. The third kappa shape index (κ3) is 1.74. The summed E-state index contributed by atoms with van der Waals surface area (Å²) in [5.41, 5.74) is 5.20. The maximum absolute atomic E-state index is 10.3. The van der Waals surface area contributed by atoms with Gasteiger partial charge in [0, 0.05) is 0 Å². The molecule has 12 heavy (non-hydrogen) atoms. The molecule has 1 aliphatic heterocycles. The molecule has 1 aliphatic rings. The van der Waals surface area contributed by atoms with Crippen LogP contribution < -0.4 is 5.73 Å². The molecule has 0 bridgehead atoms. The summed E-state index contributed by atoms with van der Waals surface area (Å²) in [5.74, 6) is 0. The molecular weight excluding hydrogens is 180 g/mol. The Morgan fingerprint density at radius 3 is 2.75 bits per heavy atom. The van der Waals surface area contributed by atoms with Gasteiger partial charge >= 0.3 is 0 Å². The zero-order valence-electron chi connectivity index (χ0n) is 6.30. The average Bonchev–Trinajstić information content (AvgIpc) is 2.03. The lowest BCUT2D eigenvalue weighted by molar-refractivity contribution is -0.378. The summed E-state index contributed by atoms with van der Waals surface area (Å²) in [6.07, 6.45) is 2.03. The molecule has 1 unspecified atom stereocenters. The van der Waals surface area contributed by atoms with Crippen LogP contribution in [0.5, 0.6) is 0 Å². The molecule has 6 nitrogen and oxygen atoms in total. The van der Waals surface area contributed by atoms with Gasteiger partial charge < -0.3 is 16.1 Å². The zero-order valence-corrected chi connectivity index (χ0v) is 7.11. The molecule has 0 aromatic heterocycles. The van der Waals surface area contributed by atoms with Crippen LogP contribution in [0.15, 0.2) is 9.98 Å². The number of hydrogen-bond donors (Lipinski definition) is 1. The molecule has 0 aliphatic carbocycles. The van der Waals surface area contributed by atoms with Gasteiger partial charge in [0.15, 0.2) is 11.3 Å². The van der Waals surface area contributed by atoms with Gasteiger partial charge in [0.2, 0.25) is 0 Å². The van der Waals surface area contributed by atoms with Gasteiger partial charge in [-0.15, -0.1) is 0 Å². The van der Waals surface area contributed by atoms with Gasteiger partial charge in [-0.25, -0.2) is 9.98 Å². The summed E-state index contributed by atoms with van der Waals surface area (Å²) >= 11 is 1.30. The standard InChI is InChI=1S/C5H7N4O2S/c1-12-5-7-2-3(9(10)11)4(6)8-5/h2,4H,6H2,1H3/q-1. The van der Waals surface area contributed by atoms with Crippen molar-refractivity contribution >= 4 is 28.9 Å². The SMILES string of the molecule is CSC1=NC(N)C(=[N+]([O-])[O-])C=N1. The Bertz CT molecular complexity index is 269. The second-order valence-electron chi connectivity index (χ2n) is 2.00. The van der Waals surface area contributed by atoms with Crippen molar-refractivity contribution in [2.75, 3.05) is 6.26 Å². The third-order valence-corrected chi connectivity index (χ3v) is 1.83. The van der Waals surface area contributed by atoms with Crippen LogP contribution in [-0.4, -0.2) is 34.4 Å². The quantitative estimate of drug-likeness (QED) is 0.409. The highest BCUT2D eigenvalue weighted by Crippen LogP contribution is 2.05. The molecule has 0 saturated heterocycles. The van der Waals surface area contributed by atoms with Crippen molar-refractivity contribution in [1.29, 1.82) is 0 Å². The molecule has 2 N–H and O–H groups in total. The number of rotatable bonds is 0. The molecule has 1 heterocycles. The molecule has 0 amide bonds. The highest BCUT2D eigenvalue weighted by molar-refractivity contribution is 8.13. The molecule has 0 fully saturated rings. The molecule has 0 spiro atoms. The number of thioether (sulfide) groups is 1. The summed E-state index contributed by atoms with van der Waals surface area (Å²) in [4.78, 5) is 6.94. The fourth-order valence-corrected chi connectivity index (χ4v) is 1.05. The topological polar surface area (TPSA) is 99.9 Å². The second-order valence-corrected chi connectivity index (χ2v) is 2.77. The summed E-state index contributed by atoms with van der Waals surface area (Å²) < 4.78 is 0. The number of amidine groups is 1. The number of nitrogens with zero attached hydrogens (tertiary/aromatic N) is 3. The lowest BCUT2D eigenvalue weighted by Crippen LogP contribution is -2.37. The molecule has 0 aromatic carbocycles. The van der Waals surface area contributed by atoms with Gasteiger partial charge in [0.1, 0.15) is 6.21 Å². The largest absolute Gasteiger partial charge is 0.612 e. The Morgan fingerprint density at radius 1 is 1.67 bits per heavy atom. The predicted octanol–water partition coefficient (Wildman–Crippen LogP) is -0.476. The molecule has 0 aromatic rings. The van der Waals surface area contributed by atoms with E-state index in [1.54, 1.807) is 6.26 Å². The van der Waals surface area contributed by atoms with Gasteiger partial charge in [0.05, 0.1) is 0 Å². The van der Waals surface area contributed by atoms with Crippen LogP contribution in [0, 0.1) is 10.4 Å². The maximum atomic E-state index is 10.3.